The van der Waals surface area contributed by atoms with Gasteiger partial charge in [0.05, 0.1) is 12.9 Å². The maximum absolute atomic E-state index is 10.4. The van der Waals surface area contributed by atoms with Crippen LogP contribution < -0.4 is 5.32 Å². The Kier molecular flexibility index (Phi) is 6.02. The maximum atomic E-state index is 10.4. The zero-order valence-electron chi connectivity index (χ0n) is 15.9. The second-order valence-electron chi connectivity index (χ2n) is 7.32. The summed E-state index contributed by atoms with van der Waals surface area (Å²) in [6.45, 7) is 2.31. The molecular formula is C18H27N5O4S. The summed E-state index contributed by atoms with van der Waals surface area (Å²) in [4.78, 5) is 13.8. The van der Waals surface area contributed by atoms with Crippen LogP contribution in [0.4, 0.5) is 5.82 Å². The normalized spacial score (nSPS) is 28.9. The van der Waals surface area contributed by atoms with Gasteiger partial charge in [0.1, 0.15) is 18.3 Å². The van der Waals surface area contributed by atoms with E-state index in [-0.39, 0.29) is 6.61 Å². The minimum Gasteiger partial charge on any atom is -0.394 e. The number of hydrogen-bond donors (Lipinski definition) is 4. The van der Waals surface area contributed by atoms with Crippen molar-refractivity contribution in [3.63, 3.8) is 0 Å². The van der Waals surface area contributed by atoms with Crippen LogP contribution in [0.3, 0.4) is 0 Å². The highest BCUT2D eigenvalue weighted by atomic mass is 32.2. The SMILES string of the molecule is CCNc1nc(SC2CCCCC2)nc2c1ncn2[C@@H]1O[C@H](CO)[C@@H](O)[C@H]1O. The quantitative estimate of drug-likeness (QED) is 0.522. The molecule has 0 radical (unpaired) electrons. The fourth-order valence-corrected chi connectivity index (χ4v) is 5.02. The molecule has 4 atom stereocenters. The third kappa shape index (κ3) is 3.71. The second kappa shape index (κ2) is 8.50. The molecule has 1 aliphatic heterocycles. The van der Waals surface area contributed by atoms with Crippen molar-refractivity contribution < 1.29 is 20.1 Å². The van der Waals surface area contributed by atoms with E-state index in [0.29, 0.717) is 33.9 Å². The van der Waals surface area contributed by atoms with Gasteiger partial charge >= 0.3 is 0 Å². The number of anilines is 1. The van der Waals surface area contributed by atoms with Gasteiger partial charge in [-0.3, -0.25) is 4.57 Å². The molecule has 2 aromatic rings. The van der Waals surface area contributed by atoms with Crippen LogP contribution in [-0.4, -0.2) is 71.6 Å². The Hall–Kier alpha value is -1.46. The molecule has 1 saturated carbocycles. The highest BCUT2D eigenvalue weighted by molar-refractivity contribution is 7.99. The summed E-state index contributed by atoms with van der Waals surface area (Å²) in [7, 11) is 0. The van der Waals surface area contributed by atoms with Crippen molar-refractivity contribution in [1.82, 2.24) is 19.5 Å². The molecule has 0 unspecified atom stereocenters. The Morgan fingerprint density at radius 3 is 2.68 bits per heavy atom. The maximum Gasteiger partial charge on any atom is 0.191 e. The van der Waals surface area contributed by atoms with Crippen molar-refractivity contribution in [2.75, 3.05) is 18.5 Å². The molecule has 4 rings (SSSR count). The van der Waals surface area contributed by atoms with Crippen molar-refractivity contribution >= 4 is 28.7 Å². The molecular weight excluding hydrogens is 382 g/mol. The predicted molar refractivity (Wildman–Crippen MR) is 105 cm³/mol. The van der Waals surface area contributed by atoms with E-state index in [1.807, 2.05) is 6.92 Å². The summed E-state index contributed by atoms with van der Waals surface area (Å²) in [6, 6.07) is 0. The van der Waals surface area contributed by atoms with Gasteiger partial charge < -0.3 is 25.4 Å². The average molecular weight is 410 g/mol. The number of ether oxygens (including phenoxy) is 1. The van der Waals surface area contributed by atoms with E-state index in [9.17, 15) is 15.3 Å². The molecule has 2 fully saturated rings. The third-order valence-electron chi connectivity index (χ3n) is 5.36. The molecule has 1 saturated heterocycles. The number of imidazole rings is 1. The monoisotopic (exact) mass is 409 g/mol. The first-order valence-electron chi connectivity index (χ1n) is 9.90. The number of fused-ring (bicyclic) bond motifs is 1. The standard InChI is InChI=1S/C18H27N5O4S/c1-2-19-15-12-16(22-18(21-15)28-10-6-4-3-5-7-10)23(9-20-12)17-14(26)13(25)11(8-24)27-17/h9-11,13-14,17,24-26H,2-8H2,1H3,(H,19,21,22)/t11-,13-,14-,17-/m1/s1. The van der Waals surface area contributed by atoms with Crippen molar-refractivity contribution in [3.8, 4) is 0 Å². The fourth-order valence-electron chi connectivity index (χ4n) is 3.87. The molecule has 154 valence electrons. The first-order valence-corrected chi connectivity index (χ1v) is 10.8. The summed E-state index contributed by atoms with van der Waals surface area (Å²) in [5, 5.41) is 34.3. The number of aromatic nitrogens is 4. The summed E-state index contributed by atoms with van der Waals surface area (Å²) in [6.07, 6.45) is 3.57. The van der Waals surface area contributed by atoms with Gasteiger partial charge in [0, 0.05) is 11.8 Å². The number of nitrogens with zero attached hydrogens (tertiary/aromatic N) is 4. The number of aliphatic hydroxyl groups is 3. The zero-order valence-corrected chi connectivity index (χ0v) is 16.7. The molecule has 1 aliphatic carbocycles. The van der Waals surface area contributed by atoms with Gasteiger partial charge in [0.2, 0.25) is 0 Å². The van der Waals surface area contributed by atoms with E-state index in [0.717, 1.165) is 12.8 Å². The molecule has 2 aliphatic rings. The molecule has 10 heteroatoms. The Morgan fingerprint density at radius 2 is 2.00 bits per heavy atom. The Balaban J connectivity index is 1.69. The van der Waals surface area contributed by atoms with Crippen LogP contribution in [0.2, 0.25) is 0 Å². The molecule has 4 N–H and O–H groups in total. The van der Waals surface area contributed by atoms with Gasteiger partial charge in [-0.15, -0.1) is 0 Å². The van der Waals surface area contributed by atoms with Crippen LogP contribution in [0.1, 0.15) is 45.3 Å². The Labute approximate surface area is 167 Å². The smallest absolute Gasteiger partial charge is 0.191 e. The summed E-state index contributed by atoms with van der Waals surface area (Å²) >= 11 is 1.68. The van der Waals surface area contributed by atoms with E-state index in [1.54, 1.807) is 16.3 Å². The van der Waals surface area contributed by atoms with Gasteiger partial charge in [-0.2, -0.15) is 0 Å². The molecule has 9 nitrogen and oxygen atoms in total. The molecule has 2 aromatic heterocycles. The zero-order chi connectivity index (χ0) is 19.7. The number of rotatable bonds is 6. The number of nitrogens with one attached hydrogen (secondary N) is 1. The number of thioether (sulfide) groups is 1. The lowest BCUT2D eigenvalue weighted by Crippen LogP contribution is -2.33. The van der Waals surface area contributed by atoms with Crippen molar-refractivity contribution in [2.45, 2.75) is 74.0 Å². The van der Waals surface area contributed by atoms with Crippen molar-refractivity contribution in [1.29, 1.82) is 0 Å². The van der Waals surface area contributed by atoms with Gasteiger partial charge in [-0.05, 0) is 19.8 Å². The highest BCUT2D eigenvalue weighted by Gasteiger charge is 2.44. The summed E-state index contributed by atoms with van der Waals surface area (Å²) in [5.41, 5.74) is 1.13. The molecule has 0 amide bonds. The lowest BCUT2D eigenvalue weighted by molar-refractivity contribution is -0.0511. The first-order chi connectivity index (χ1) is 13.6. The number of hydrogen-bond acceptors (Lipinski definition) is 9. The van der Waals surface area contributed by atoms with Crippen molar-refractivity contribution in [2.24, 2.45) is 0 Å². The van der Waals surface area contributed by atoms with Crippen LogP contribution in [0.5, 0.6) is 0 Å². The van der Waals surface area contributed by atoms with Crippen LogP contribution in [-0.2, 0) is 4.74 Å². The van der Waals surface area contributed by atoms with Crippen LogP contribution in [0.15, 0.2) is 11.5 Å². The van der Waals surface area contributed by atoms with Crippen LogP contribution >= 0.6 is 11.8 Å². The summed E-state index contributed by atoms with van der Waals surface area (Å²) in [5.74, 6) is 0.649. The highest BCUT2D eigenvalue weighted by Crippen LogP contribution is 2.36. The van der Waals surface area contributed by atoms with E-state index < -0.39 is 24.5 Å². The molecule has 28 heavy (non-hydrogen) atoms. The lowest BCUT2D eigenvalue weighted by Gasteiger charge is -2.20. The Bertz CT molecular complexity index is 813. The third-order valence-corrected chi connectivity index (χ3v) is 6.56. The molecule has 0 aromatic carbocycles. The largest absolute Gasteiger partial charge is 0.394 e. The minimum atomic E-state index is -1.18. The number of aliphatic hydroxyl groups excluding tert-OH is 3. The van der Waals surface area contributed by atoms with Gasteiger partial charge in [0.15, 0.2) is 28.4 Å². The van der Waals surface area contributed by atoms with E-state index in [4.69, 9.17) is 9.72 Å². The fraction of sp³-hybridized carbons (Fsp3) is 0.722. The first kappa shape index (κ1) is 19.8. The topological polar surface area (TPSA) is 126 Å². The van der Waals surface area contributed by atoms with E-state index >= 15 is 0 Å². The van der Waals surface area contributed by atoms with E-state index in [1.165, 1.54) is 25.6 Å². The molecule has 0 bridgehead atoms. The van der Waals surface area contributed by atoms with Crippen LogP contribution in [0, 0.1) is 0 Å². The average Bonchev–Trinajstić information content (AvgIpc) is 3.24. The molecule has 0 spiro atoms. The van der Waals surface area contributed by atoms with Crippen LogP contribution in [0.25, 0.3) is 11.2 Å². The lowest BCUT2D eigenvalue weighted by atomic mass is 10.0. The second-order valence-corrected chi connectivity index (χ2v) is 8.58. The summed E-state index contributed by atoms with van der Waals surface area (Å²) < 4.78 is 7.28. The van der Waals surface area contributed by atoms with Gasteiger partial charge in [-0.1, -0.05) is 31.0 Å². The predicted octanol–water partition coefficient (Wildman–Crippen LogP) is 1.29. The van der Waals surface area contributed by atoms with Gasteiger partial charge in [-0.25, -0.2) is 15.0 Å². The van der Waals surface area contributed by atoms with Crippen molar-refractivity contribution in [3.05, 3.63) is 6.33 Å². The van der Waals surface area contributed by atoms with Gasteiger partial charge in [0.25, 0.3) is 0 Å². The molecule has 3 heterocycles. The minimum absolute atomic E-state index is 0.373. The Morgan fingerprint density at radius 1 is 1.21 bits per heavy atom. The van der Waals surface area contributed by atoms with E-state index in [2.05, 4.69) is 15.3 Å².